The fourth-order valence-corrected chi connectivity index (χ4v) is 3.02. The average molecular weight is 318 g/mol. The lowest BCUT2D eigenvalue weighted by atomic mass is 9.89. The van der Waals surface area contributed by atoms with E-state index in [9.17, 15) is 9.90 Å². The lowest BCUT2D eigenvalue weighted by Crippen LogP contribution is -2.40. The lowest BCUT2D eigenvalue weighted by Gasteiger charge is -2.21. The Bertz CT molecular complexity index is 536. The molecule has 1 aliphatic rings. The van der Waals surface area contributed by atoms with Crippen LogP contribution in [0.5, 0.6) is 0 Å². The van der Waals surface area contributed by atoms with E-state index in [1.54, 1.807) is 0 Å². The molecule has 1 aliphatic carbocycles. The molecule has 0 unspecified atom stereocenters. The first-order chi connectivity index (χ1) is 10.9. The topological polar surface area (TPSA) is 61.4 Å². The highest BCUT2D eigenvalue weighted by molar-refractivity contribution is 5.74. The largest absolute Gasteiger partial charge is 0.396 e. The molecule has 1 fully saturated rings. The van der Waals surface area contributed by atoms with Crippen molar-refractivity contribution in [1.29, 1.82) is 0 Å². The molecule has 2 rings (SSSR count). The first-order valence-electron chi connectivity index (χ1n) is 8.57. The zero-order chi connectivity index (χ0) is 16.9. The van der Waals surface area contributed by atoms with Gasteiger partial charge in [-0.05, 0) is 49.1 Å². The number of aryl methyl sites for hydroxylation is 1. The van der Waals surface area contributed by atoms with Crippen LogP contribution in [0.3, 0.4) is 0 Å². The van der Waals surface area contributed by atoms with Crippen LogP contribution in [-0.2, 0) is 5.41 Å². The molecule has 0 atom stereocenters. The third-order valence-electron chi connectivity index (χ3n) is 4.90. The summed E-state index contributed by atoms with van der Waals surface area (Å²) in [5, 5.41) is 15.2. The molecule has 1 saturated carbocycles. The van der Waals surface area contributed by atoms with Crippen molar-refractivity contribution in [1.82, 2.24) is 10.6 Å². The Labute approximate surface area is 139 Å². The highest BCUT2D eigenvalue weighted by atomic mass is 16.3. The van der Waals surface area contributed by atoms with E-state index >= 15 is 0 Å². The van der Waals surface area contributed by atoms with Crippen LogP contribution in [0, 0.1) is 12.3 Å². The molecule has 3 N–H and O–H groups in total. The molecule has 4 heteroatoms. The number of urea groups is 1. The van der Waals surface area contributed by atoms with E-state index in [1.165, 1.54) is 11.1 Å². The van der Waals surface area contributed by atoms with Gasteiger partial charge in [0.1, 0.15) is 0 Å². The molecule has 128 valence electrons. The monoisotopic (exact) mass is 318 g/mol. The number of carbonyl (C=O) groups is 1. The fraction of sp³-hybridized carbons (Fsp3) is 0.632. The van der Waals surface area contributed by atoms with E-state index < -0.39 is 0 Å². The van der Waals surface area contributed by atoms with Gasteiger partial charge in [-0.2, -0.15) is 0 Å². The van der Waals surface area contributed by atoms with E-state index in [0.29, 0.717) is 13.1 Å². The predicted molar refractivity (Wildman–Crippen MR) is 93.6 cm³/mol. The summed E-state index contributed by atoms with van der Waals surface area (Å²) in [5.74, 6) is 0. The Kier molecular flexibility index (Phi) is 5.69. The Morgan fingerprint density at radius 1 is 1.26 bits per heavy atom. The van der Waals surface area contributed by atoms with Crippen molar-refractivity contribution in [3.05, 3.63) is 35.4 Å². The molecule has 0 spiro atoms. The van der Waals surface area contributed by atoms with E-state index in [-0.39, 0.29) is 23.5 Å². The summed E-state index contributed by atoms with van der Waals surface area (Å²) in [6.45, 7) is 7.73. The van der Waals surface area contributed by atoms with Crippen LogP contribution < -0.4 is 10.6 Å². The Morgan fingerprint density at radius 2 is 1.96 bits per heavy atom. The number of benzene rings is 1. The first-order valence-corrected chi connectivity index (χ1v) is 8.57. The molecule has 23 heavy (non-hydrogen) atoms. The van der Waals surface area contributed by atoms with Gasteiger partial charge in [-0.3, -0.25) is 0 Å². The molecule has 0 radical (unpaired) electrons. The molecule has 0 saturated heterocycles. The quantitative estimate of drug-likeness (QED) is 0.645. The molecule has 1 aromatic rings. The molecule has 0 aromatic heterocycles. The summed E-state index contributed by atoms with van der Waals surface area (Å²) >= 11 is 0. The zero-order valence-corrected chi connectivity index (χ0v) is 14.6. The fourth-order valence-electron chi connectivity index (χ4n) is 3.02. The van der Waals surface area contributed by atoms with Crippen molar-refractivity contribution < 1.29 is 9.90 Å². The number of aliphatic hydroxyl groups excluding tert-OH is 1. The second-order valence-corrected chi connectivity index (χ2v) is 7.63. The summed E-state index contributed by atoms with van der Waals surface area (Å²) in [5.41, 5.74) is 2.74. The van der Waals surface area contributed by atoms with Crippen LogP contribution in [-0.4, -0.2) is 30.8 Å². The summed E-state index contributed by atoms with van der Waals surface area (Å²) in [7, 11) is 0. The molecule has 2 amide bonds. The van der Waals surface area contributed by atoms with Crippen molar-refractivity contribution in [3.63, 3.8) is 0 Å². The van der Waals surface area contributed by atoms with Gasteiger partial charge in [0.2, 0.25) is 0 Å². The van der Waals surface area contributed by atoms with E-state index in [2.05, 4.69) is 41.8 Å². The maximum Gasteiger partial charge on any atom is 0.314 e. The van der Waals surface area contributed by atoms with Crippen LogP contribution in [0.15, 0.2) is 24.3 Å². The van der Waals surface area contributed by atoms with Crippen molar-refractivity contribution in [2.24, 2.45) is 5.41 Å². The van der Waals surface area contributed by atoms with Crippen molar-refractivity contribution in [2.75, 3.05) is 19.7 Å². The molecule has 1 aromatic carbocycles. The minimum atomic E-state index is -0.0911. The number of hydrogen-bond donors (Lipinski definition) is 3. The van der Waals surface area contributed by atoms with Gasteiger partial charge in [0.05, 0.1) is 0 Å². The zero-order valence-electron chi connectivity index (χ0n) is 14.6. The lowest BCUT2D eigenvalue weighted by molar-refractivity contribution is 0.148. The maximum atomic E-state index is 12.0. The minimum absolute atomic E-state index is 0.0684. The van der Waals surface area contributed by atoms with E-state index in [0.717, 1.165) is 25.7 Å². The summed E-state index contributed by atoms with van der Waals surface area (Å²) in [6, 6.07) is 8.36. The Hall–Kier alpha value is -1.55. The van der Waals surface area contributed by atoms with Crippen molar-refractivity contribution >= 4 is 6.03 Å². The molecular weight excluding hydrogens is 288 g/mol. The number of hydrogen-bond acceptors (Lipinski definition) is 2. The molecular formula is C19H30N2O2. The van der Waals surface area contributed by atoms with Crippen LogP contribution in [0.1, 0.15) is 50.7 Å². The van der Waals surface area contributed by atoms with Gasteiger partial charge in [0.15, 0.2) is 0 Å². The first kappa shape index (κ1) is 17.8. The van der Waals surface area contributed by atoms with Crippen molar-refractivity contribution in [2.45, 2.75) is 51.9 Å². The van der Waals surface area contributed by atoms with Crippen LogP contribution >= 0.6 is 0 Å². The number of carbonyl (C=O) groups excluding carboxylic acids is 1. The summed E-state index contributed by atoms with van der Waals surface area (Å²) < 4.78 is 0. The minimum Gasteiger partial charge on any atom is -0.396 e. The standard InChI is InChI=1S/C19H30N2O2/c1-15-7-4-5-8-16(15)19(10-11-19)13-21-17(23)20-12-6-9-18(2,3)14-22/h4-5,7-8,22H,6,9-14H2,1-3H3,(H2,20,21,23). The molecule has 0 aliphatic heterocycles. The number of nitrogens with one attached hydrogen (secondary N) is 2. The normalized spacial score (nSPS) is 16.0. The third kappa shape index (κ3) is 4.96. The summed E-state index contributed by atoms with van der Waals surface area (Å²) in [4.78, 5) is 12.0. The number of amides is 2. The molecule has 0 heterocycles. The van der Waals surface area contributed by atoms with Gasteiger partial charge in [-0.15, -0.1) is 0 Å². The van der Waals surface area contributed by atoms with Crippen LogP contribution in [0.4, 0.5) is 4.79 Å². The number of aliphatic hydroxyl groups is 1. The van der Waals surface area contributed by atoms with E-state index in [4.69, 9.17) is 0 Å². The molecule has 0 bridgehead atoms. The summed E-state index contributed by atoms with van der Waals surface area (Å²) in [6.07, 6.45) is 4.06. The van der Waals surface area contributed by atoms with Gasteiger partial charge in [-0.25, -0.2) is 4.79 Å². The Morgan fingerprint density at radius 3 is 2.57 bits per heavy atom. The molecule has 4 nitrogen and oxygen atoms in total. The maximum absolute atomic E-state index is 12.0. The van der Waals surface area contributed by atoms with E-state index in [1.807, 2.05) is 13.8 Å². The van der Waals surface area contributed by atoms with Crippen LogP contribution in [0.25, 0.3) is 0 Å². The second-order valence-electron chi connectivity index (χ2n) is 7.63. The van der Waals surface area contributed by atoms with Gasteiger partial charge in [0.25, 0.3) is 0 Å². The highest BCUT2D eigenvalue weighted by Gasteiger charge is 2.45. The van der Waals surface area contributed by atoms with Gasteiger partial charge >= 0.3 is 6.03 Å². The van der Waals surface area contributed by atoms with Gasteiger partial charge in [-0.1, -0.05) is 38.1 Å². The van der Waals surface area contributed by atoms with Crippen LogP contribution in [0.2, 0.25) is 0 Å². The number of rotatable bonds is 8. The van der Waals surface area contributed by atoms with Gasteiger partial charge in [0, 0.05) is 25.1 Å². The highest BCUT2D eigenvalue weighted by Crippen LogP contribution is 2.48. The Balaban J connectivity index is 1.72. The van der Waals surface area contributed by atoms with Crippen molar-refractivity contribution in [3.8, 4) is 0 Å². The van der Waals surface area contributed by atoms with Gasteiger partial charge < -0.3 is 15.7 Å². The SMILES string of the molecule is Cc1ccccc1C1(CNC(=O)NCCCC(C)(C)CO)CC1. The average Bonchev–Trinajstić information content (AvgIpc) is 3.31. The predicted octanol–water partition coefficient (Wildman–Crippen LogP) is 3.12. The third-order valence-corrected chi connectivity index (χ3v) is 4.90. The second kappa shape index (κ2) is 7.35. The smallest absolute Gasteiger partial charge is 0.314 e.